The quantitative estimate of drug-likeness (QED) is 0.676. The Labute approximate surface area is 72.2 Å². The predicted molar refractivity (Wildman–Crippen MR) is 46.7 cm³/mol. The van der Waals surface area contributed by atoms with Gasteiger partial charge < -0.3 is 5.32 Å². The average Bonchev–Trinajstić information content (AvgIpc) is 2.57. The molecule has 0 aromatic carbocycles. The molecule has 1 aromatic rings. The predicted octanol–water partition coefficient (Wildman–Crippen LogP) is 1.21. The topological polar surface area (TPSA) is 37.8 Å². The number of nitrogens with one attached hydrogen (secondary N) is 1. The van der Waals surface area contributed by atoms with Gasteiger partial charge in [0.25, 0.3) is 0 Å². The first kappa shape index (κ1) is 7.68. The summed E-state index contributed by atoms with van der Waals surface area (Å²) in [5.41, 5.74) is 2.17. The summed E-state index contributed by atoms with van der Waals surface area (Å²) in [6.45, 7) is 3.13. The molecule has 0 aliphatic carbocycles. The zero-order chi connectivity index (χ0) is 8.39. The third-order valence-corrected chi connectivity index (χ3v) is 2.31. The van der Waals surface area contributed by atoms with Crippen molar-refractivity contribution in [2.75, 3.05) is 6.54 Å². The van der Waals surface area contributed by atoms with Gasteiger partial charge in [0.2, 0.25) is 0 Å². The van der Waals surface area contributed by atoms with Gasteiger partial charge in [-0.1, -0.05) is 0 Å². The second-order valence-electron chi connectivity index (χ2n) is 3.18. The maximum absolute atomic E-state index is 4.34. The van der Waals surface area contributed by atoms with E-state index in [-0.39, 0.29) is 0 Å². The van der Waals surface area contributed by atoms with Gasteiger partial charge in [0, 0.05) is 12.4 Å². The lowest BCUT2D eigenvalue weighted by atomic mass is 10.1. The Balaban J connectivity index is 2.26. The fraction of sp³-hybridized carbons (Fsp3) is 0.556. The molecule has 1 aromatic heterocycles. The van der Waals surface area contributed by atoms with E-state index >= 15 is 0 Å². The van der Waals surface area contributed by atoms with E-state index in [4.69, 9.17) is 0 Å². The van der Waals surface area contributed by atoms with Crippen LogP contribution in [0.25, 0.3) is 0 Å². The smallest absolute Gasteiger partial charge is 0.0785 e. The van der Waals surface area contributed by atoms with Crippen molar-refractivity contribution in [1.29, 1.82) is 0 Å². The lowest BCUT2D eigenvalue weighted by Crippen LogP contribution is -2.15. The molecule has 1 N–H and O–H groups in total. The van der Waals surface area contributed by atoms with Crippen LogP contribution in [0.1, 0.15) is 30.3 Å². The molecule has 0 bridgehead atoms. The first-order valence-electron chi connectivity index (χ1n) is 4.39. The van der Waals surface area contributed by atoms with Crippen molar-refractivity contribution >= 4 is 0 Å². The molecule has 0 unspecified atom stereocenters. The minimum absolute atomic E-state index is 0.443. The maximum atomic E-state index is 4.34. The summed E-state index contributed by atoms with van der Waals surface area (Å²) in [6, 6.07) is 0.443. The van der Waals surface area contributed by atoms with Crippen molar-refractivity contribution in [3.05, 3.63) is 23.8 Å². The molecule has 3 nitrogen and oxygen atoms in total. The van der Waals surface area contributed by atoms with E-state index in [1.807, 2.05) is 6.92 Å². The molecule has 1 saturated heterocycles. The highest BCUT2D eigenvalue weighted by Crippen LogP contribution is 2.22. The summed E-state index contributed by atoms with van der Waals surface area (Å²) in [6.07, 6.45) is 5.95. The van der Waals surface area contributed by atoms with Crippen LogP contribution in [-0.4, -0.2) is 16.5 Å². The van der Waals surface area contributed by atoms with Gasteiger partial charge in [-0.15, -0.1) is 0 Å². The summed E-state index contributed by atoms with van der Waals surface area (Å²) in [5, 5.41) is 3.41. The highest BCUT2D eigenvalue weighted by atomic mass is 15.0. The Hall–Kier alpha value is -0.960. The van der Waals surface area contributed by atoms with Crippen LogP contribution in [0.15, 0.2) is 12.4 Å². The van der Waals surface area contributed by atoms with Crippen molar-refractivity contribution in [2.45, 2.75) is 25.8 Å². The summed E-state index contributed by atoms with van der Waals surface area (Å²) >= 11 is 0. The Morgan fingerprint density at radius 2 is 2.25 bits per heavy atom. The third-order valence-electron chi connectivity index (χ3n) is 2.31. The van der Waals surface area contributed by atoms with Gasteiger partial charge in [-0.05, 0) is 26.3 Å². The molecule has 12 heavy (non-hydrogen) atoms. The number of hydrogen-bond acceptors (Lipinski definition) is 3. The molecule has 1 atom stereocenters. The summed E-state index contributed by atoms with van der Waals surface area (Å²) < 4.78 is 0. The van der Waals surface area contributed by atoms with Crippen molar-refractivity contribution in [2.24, 2.45) is 0 Å². The molecule has 0 amide bonds. The Morgan fingerprint density at radius 1 is 1.42 bits per heavy atom. The van der Waals surface area contributed by atoms with Crippen LogP contribution in [0.5, 0.6) is 0 Å². The van der Waals surface area contributed by atoms with Crippen molar-refractivity contribution in [3.63, 3.8) is 0 Å². The zero-order valence-electron chi connectivity index (χ0n) is 7.25. The first-order valence-corrected chi connectivity index (χ1v) is 4.39. The van der Waals surface area contributed by atoms with E-state index in [0.717, 1.165) is 17.9 Å². The molecule has 2 rings (SSSR count). The largest absolute Gasteiger partial charge is 0.309 e. The van der Waals surface area contributed by atoms with Gasteiger partial charge in [-0.2, -0.15) is 0 Å². The number of nitrogens with zero attached hydrogens (tertiary/aromatic N) is 2. The third kappa shape index (κ3) is 1.32. The van der Waals surface area contributed by atoms with Gasteiger partial charge >= 0.3 is 0 Å². The fourth-order valence-corrected chi connectivity index (χ4v) is 1.68. The fourth-order valence-electron chi connectivity index (χ4n) is 1.68. The lowest BCUT2D eigenvalue weighted by Gasteiger charge is -2.10. The van der Waals surface area contributed by atoms with Gasteiger partial charge in [-0.3, -0.25) is 9.97 Å². The van der Waals surface area contributed by atoms with E-state index in [2.05, 4.69) is 15.3 Å². The van der Waals surface area contributed by atoms with Gasteiger partial charge in [0.15, 0.2) is 0 Å². The first-order chi connectivity index (χ1) is 5.88. The van der Waals surface area contributed by atoms with E-state index in [1.54, 1.807) is 12.4 Å². The molecule has 64 valence electrons. The van der Waals surface area contributed by atoms with Crippen molar-refractivity contribution in [1.82, 2.24) is 15.3 Å². The van der Waals surface area contributed by atoms with Crippen LogP contribution in [-0.2, 0) is 0 Å². The standard InChI is InChI=1S/C9H13N3/c1-7-9(12-6-5-10-7)8-3-2-4-11-8/h5-6,8,11H,2-4H2,1H3/t8-/m1/s1. The van der Waals surface area contributed by atoms with Crippen LogP contribution >= 0.6 is 0 Å². The number of hydrogen-bond donors (Lipinski definition) is 1. The van der Waals surface area contributed by atoms with Crippen molar-refractivity contribution in [3.8, 4) is 0 Å². The molecule has 1 aliphatic heterocycles. The molecule has 2 heterocycles. The number of aromatic nitrogens is 2. The summed E-state index contributed by atoms with van der Waals surface area (Å²) in [7, 11) is 0. The second-order valence-corrected chi connectivity index (χ2v) is 3.18. The van der Waals surface area contributed by atoms with E-state index < -0.39 is 0 Å². The van der Waals surface area contributed by atoms with Gasteiger partial charge in [0.1, 0.15) is 0 Å². The molecular formula is C9H13N3. The summed E-state index contributed by atoms with van der Waals surface area (Å²) in [4.78, 5) is 8.56. The SMILES string of the molecule is Cc1nccnc1[C@H]1CCCN1. The number of rotatable bonds is 1. The van der Waals surface area contributed by atoms with E-state index in [0.29, 0.717) is 6.04 Å². The zero-order valence-corrected chi connectivity index (χ0v) is 7.25. The van der Waals surface area contributed by atoms with Crippen LogP contribution in [0, 0.1) is 6.92 Å². The number of aryl methyl sites for hydroxylation is 1. The van der Waals surface area contributed by atoms with Crippen LogP contribution in [0.4, 0.5) is 0 Å². The van der Waals surface area contributed by atoms with Crippen molar-refractivity contribution < 1.29 is 0 Å². The van der Waals surface area contributed by atoms with Crippen LogP contribution in [0.3, 0.4) is 0 Å². The summed E-state index contributed by atoms with van der Waals surface area (Å²) in [5.74, 6) is 0. The van der Waals surface area contributed by atoms with Crippen LogP contribution < -0.4 is 5.32 Å². The molecule has 3 heteroatoms. The highest BCUT2D eigenvalue weighted by Gasteiger charge is 2.18. The maximum Gasteiger partial charge on any atom is 0.0785 e. The Bertz CT molecular complexity index is 266. The molecule has 0 saturated carbocycles. The minimum atomic E-state index is 0.443. The average molecular weight is 163 g/mol. The van der Waals surface area contributed by atoms with E-state index in [1.165, 1.54) is 12.8 Å². The Morgan fingerprint density at radius 3 is 2.92 bits per heavy atom. The monoisotopic (exact) mass is 163 g/mol. The molecule has 0 radical (unpaired) electrons. The van der Waals surface area contributed by atoms with Gasteiger partial charge in [0.05, 0.1) is 17.4 Å². The second kappa shape index (κ2) is 3.19. The Kier molecular flexibility index (Phi) is 2.04. The molecule has 0 spiro atoms. The highest BCUT2D eigenvalue weighted by molar-refractivity contribution is 5.14. The molecule has 1 aliphatic rings. The normalized spacial score (nSPS) is 22.9. The van der Waals surface area contributed by atoms with E-state index in [9.17, 15) is 0 Å². The van der Waals surface area contributed by atoms with Crippen LogP contribution in [0.2, 0.25) is 0 Å². The lowest BCUT2D eigenvalue weighted by molar-refractivity contribution is 0.618. The minimum Gasteiger partial charge on any atom is -0.309 e. The van der Waals surface area contributed by atoms with Gasteiger partial charge in [-0.25, -0.2) is 0 Å². The molecule has 1 fully saturated rings. The molecular weight excluding hydrogens is 150 g/mol.